The van der Waals surface area contributed by atoms with E-state index in [2.05, 4.69) is 4.98 Å². The summed E-state index contributed by atoms with van der Waals surface area (Å²) in [6, 6.07) is 13.5. The van der Waals surface area contributed by atoms with Crippen LogP contribution >= 0.6 is 23.2 Å². The maximum atomic E-state index is 11.3. The molecule has 5 rings (SSSR count). The second-order valence-electron chi connectivity index (χ2n) is 8.73. The van der Waals surface area contributed by atoms with Crippen LogP contribution in [0.3, 0.4) is 0 Å². The lowest BCUT2D eigenvalue weighted by molar-refractivity contribution is 0.0696. The first kappa shape index (κ1) is 24.2. The Morgan fingerprint density at radius 1 is 1.11 bits per heavy atom. The zero-order valence-corrected chi connectivity index (χ0v) is 20.7. The molecule has 1 aliphatic heterocycles. The van der Waals surface area contributed by atoms with Gasteiger partial charge in [0.05, 0.1) is 32.7 Å². The molecule has 2 heterocycles. The van der Waals surface area contributed by atoms with Crippen molar-refractivity contribution in [3.8, 4) is 17.4 Å². The van der Waals surface area contributed by atoms with E-state index in [0.717, 1.165) is 18.4 Å². The fraction of sp³-hybridized carbons (Fsp3) is 0.231. The van der Waals surface area contributed by atoms with Crippen molar-refractivity contribution in [2.45, 2.75) is 25.7 Å². The number of nitrogens with zero attached hydrogens (tertiary/aromatic N) is 2. The van der Waals surface area contributed by atoms with E-state index in [9.17, 15) is 9.90 Å². The molecule has 0 amide bonds. The van der Waals surface area contributed by atoms with Gasteiger partial charge in [-0.15, -0.1) is 0 Å². The fourth-order valence-corrected chi connectivity index (χ4v) is 4.68. The van der Waals surface area contributed by atoms with Crippen LogP contribution in [-0.2, 0) is 12.8 Å². The molecule has 36 heavy (non-hydrogen) atoms. The fourth-order valence-electron chi connectivity index (χ4n) is 4.10. The second-order valence-corrected chi connectivity index (χ2v) is 9.54. The van der Waals surface area contributed by atoms with Crippen LogP contribution in [0.1, 0.15) is 34.5 Å². The lowest BCUT2D eigenvalue weighted by atomic mass is 10.1. The molecule has 0 spiro atoms. The largest absolute Gasteiger partial charge is 0.478 e. The van der Waals surface area contributed by atoms with Crippen LogP contribution < -0.4 is 26.1 Å². The molecule has 8 nitrogen and oxygen atoms in total. The number of rotatable bonds is 7. The summed E-state index contributed by atoms with van der Waals surface area (Å²) in [7, 11) is 0. The number of para-hydroxylation sites is 1. The van der Waals surface area contributed by atoms with Crippen LogP contribution in [0.2, 0.25) is 10.0 Å². The van der Waals surface area contributed by atoms with Gasteiger partial charge in [0.25, 0.3) is 0 Å². The van der Waals surface area contributed by atoms with E-state index >= 15 is 0 Å². The number of fused-ring (bicyclic) bond motifs is 2. The number of benzene rings is 2. The summed E-state index contributed by atoms with van der Waals surface area (Å²) in [6.45, 7) is 0.0647. The molecular weight excluding hydrogens is 503 g/mol. The highest BCUT2D eigenvalue weighted by Crippen LogP contribution is 2.39. The Morgan fingerprint density at radius 2 is 1.86 bits per heavy atom. The maximum Gasteiger partial charge on any atom is 0.335 e. The van der Waals surface area contributed by atoms with E-state index < -0.39 is 5.97 Å². The molecule has 10 heteroatoms. The van der Waals surface area contributed by atoms with Crippen molar-refractivity contribution in [3.05, 3.63) is 86.8 Å². The lowest BCUT2D eigenvalue weighted by Gasteiger charge is -2.26. The molecule has 2 aliphatic rings. The van der Waals surface area contributed by atoms with Gasteiger partial charge in [0.1, 0.15) is 18.1 Å². The number of aromatic nitrogens is 1. The number of aromatic carboxylic acids is 1. The number of halogens is 2. The summed E-state index contributed by atoms with van der Waals surface area (Å²) in [5, 5.41) is 11.5. The number of ether oxygens (including phenoxy) is 2. The topological polar surface area (TPSA) is 124 Å². The number of hydrogen-bond acceptors (Lipinski definition) is 7. The SMILES string of the molecule is N/C(=C(/COc1ccc2c(n1)CCc1ccc(C(=O)O)cc1O2)N(N)c1c(Cl)cccc1Cl)C1CC1. The molecule has 0 atom stereocenters. The average molecular weight is 527 g/mol. The number of carbonyl (C=O) groups is 1. The molecule has 0 saturated heterocycles. The Balaban J connectivity index is 1.37. The summed E-state index contributed by atoms with van der Waals surface area (Å²) >= 11 is 12.8. The zero-order valence-electron chi connectivity index (χ0n) is 19.2. The third-order valence-corrected chi connectivity index (χ3v) is 6.86. The van der Waals surface area contributed by atoms with Gasteiger partial charge in [0.15, 0.2) is 0 Å². The van der Waals surface area contributed by atoms with Gasteiger partial charge in [-0.3, -0.25) is 5.01 Å². The maximum absolute atomic E-state index is 11.3. The molecule has 5 N–H and O–H groups in total. The van der Waals surface area contributed by atoms with Crippen molar-refractivity contribution in [1.29, 1.82) is 0 Å². The molecule has 1 saturated carbocycles. The number of carboxylic acids is 1. The van der Waals surface area contributed by atoms with E-state index in [4.69, 9.17) is 44.3 Å². The molecule has 0 unspecified atom stereocenters. The van der Waals surface area contributed by atoms with Gasteiger partial charge in [-0.25, -0.2) is 15.6 Å². The molecule has 1 aromatic heterocycles. The first-order valence-corrected chi connectivity index (χ1v) is 12.2. The molecule has 186 valence electrons. The number of hydrazine groups is 1. The first-order valence-electron chi connectivity index (χ1n) is 11.5. The number of pyridine rings is 1. The summed E-state index contributed by atoms with van der Waals surface area (Å²) in [5.74, 6) is 7.13. The number of allylic oxidation sites excluding steroid dienone is 1. The average Bonchev–Trinajstić information content (AvgIpc) is 3.70. The van der Waals surface area contributed by atoms with Gasteiger partial charge in [0.2, 0.25) is 5.88 Å². The summed E-state index contributed by atoms with van der Waals surface area (Å²) in [6.07, 6.45) is 3.23. The van der Waals surface area contributed by atoms with E-state index in [1.165, 1.54) is 11.1 Å². The minimum atomic E-state index is -1.01. The Labute approximate surface area is 218 Å². The standard InChI is InChI=1S/C26H24Cl2N4O4/c27-17-2-1-3-18(28)25(17)32(30)20(24(29)15-5-6-15)13-35-23-11-10-21-19(31-23)9-8-14-4-7-16(26(33)34)12-22(14)36-21/h1-4,7,10-12,15H,5-6,8-9,13,29-30H2,(H,33,34)/b24-20-. The van der Waals surface area contributed by atoms with Crippen LogP contribution in [0.25, 0.3) is 0 Å². The Bertz CT molecular complexity index is 1350. The molecule has 0 radical (unpaired) electrons. The third kappa shape index (κ3) is 4.93. The predicted octanol–water partition coefficient (Wildman–Crippen LogP) is 5.32. The zero-order chi connectivity index (χ0) is 25.4. The minimum absolute atomic E-state index is 0.0647. The van der Waals surface area contributed by atoms with Crippen molar-refractivity contribution in [2.24, 2.45) is 17.5 Å². The van der Waals surface area contributed by atoms with E-state index in [1.807, 2.05) is 0 Å². The second kappa shape index (κ2) is 9.89. The van der Waals surface area contributed by atoms with Crippen LogP contribution in [0.15, 0.2) is 59.9 Å². The van der Waals surface area contributed by atoms with Crippen LogP contribution in [0, 0.1) is 5.92 Å². The van der Waals surface area contributed by atoms with Gasteiger partial charge in [0, 0.05) is 17.7 Å². The van der Waals surface area contributed by atoms with Gasteiger partial charge in [-0.2, -0.15) is 0 Å². The van der Waals surface area contributed by atoms with E-state index in [-0.39, 0.29) is 18.1 Å². The van der Waals surface area contributed by atoms with Crippen molar-refractivity contribution < 1.29 is 19.4 Å². The van der Waals surface area contributed by atoms with Crippen LogP contribution in [0.5, 0.6) is 17.4 Å². The number of carboxylic acid groups (broad SMARTS) is 1. The minimum Gasteiger partial charge on any atom is -0.478 e. The molecule has 1 aliphatic carbocycles. The molecule has 0 bridgehead atoms. The molecular formula is C26H24Cl2N4O4. The number of hydrogen-bond donors (Lipinski definition) is 3. The first-order chi connectivity index (χ1) is 17.3. The Kier molecular flexibility index (Phi) is 6.66. The quantitative estimate of drug-likeness (QED) is 0.279. The summed E-state index contributed by atoms with van der Waals surface area (Å²) in [4.78, 5) is 16.0. The van der Waals surface area contributed by atoms with Gasteiger partial charge >= 0.3 is 5.97 Å². The Morgan fingerprint density at radius 3 is 2.56 bits per heavy atom. The monoisotopic (exact) mass is 526 g/mol. The summed E-state index contributed by atoms with van der Waals surface area (Å²) in [5.41, 5.74) is 9.89. The normalized spacial score (nSPS) is 15.1. The third-order valence-electron chi connectivity index (χ3n) is 6.25. The number of anilines is 1. The predicted molar refractivity (Wildman–Crippen MR) is 138 cm³/mol. The lowest BCUT2D eigenvalue weighted by Crippen LogP contribution is -2.36. The van der Waals surface area contributed by atoms with Crippen molar-refractivity contribution in [1.82, 2.24) is 4.98 Å². The van der Waals surface area contributed by atoms with E-state index in [0.29, 0.717) is 63.0 Å². The van der Waals surface area contributed by atoms with Crippen LogP contribution in [0.4, 0.5) is 5.69 Å². The molecule has 3 aromatic rings. The number of nitrogens with two attached hydrogens (primary N) is 2. The highest BCUT2D eigenvalue weighted by molar-refractivity contribution is 6.39. The molecule has 2 aromatic carbocycles. The van der Waals surface area contributed by atoms with E-state index in [1.54, 1.807) is 42.5 Å². The van der Waals surface area contributed by atoms with Gasteiger partial charge in [-0.1, -0.05) is 35.3 Å². The van der Waals surface area contributed by atoms with Gasteiger partial charge < -0.3 is 20.3 Å². The highest BCUT2D eigenvalue weighted by atomic mass is 35.5. The summed E-state index contributed by atoms with van der Waals surface area (Å²) < 4.78 is 12.0. The smallest absolute Gasteiger partial charge is 0.335 e. The van der Waals surface area contributed by atoms with Gasteiger partial charge in [-0.05, 0) is 61.6 Å². The number of aryl methyl sites for hydroxylation is 2. The Hall–Kier alpha value is -3.46. The molecule has 1 fully saturated rings. The van der Waals surface area contributed by atoms with Crippen LogP contribution in [-0.4, -0.2) is 22.7 Å². The van der Waals surface area contributed by atoms with Crippen molar-refractivity contribution >= 4 is 34.9 Å². The van der Waals surface area contributed by atoms with Crippen molar-refractivity contribution in [3.63, 3.8) is 0 Å². The van der Waals surface area contributed by atoms with Crippen molar-refractivity contribution in [2.75, 3.05) is 11.6 Å². The highest BCUT2D eigenvalue weighted by Gasteiger charge is 2.30.